The monoisotopic (exact) mass is 424 g/mol. The Bertz CT molecular complexity index is 959. The molecule has 1 heterocycles. The van der Waals surface area contributed by atoms with Crippen LogP contribution in [0.2, 0.25) is 5.02 Å². The molecule has 0 radical (unpaired) electrons. The Morgan fingerprint density at radius 1 is 1.24 bits per heavy atom. The zero-order chi connectivity index (χ0) is 21.2. The van der Waals surface area contributed by atoms with Gasteiger partial charge in [-0.1, -0.05) is 53.6 Å². The van der Waals surface area contributed by atoms with E-state index in [1.165, 1.54) is 6.21 Å². The molecular formula is C19H16ClF3N4O2. The highest BCUT2D eigenvalue weighted by atomic mass is 35.5. The van der Waals surface area contributed by atoms with Crippen LogP contribution < -0.4 is 5.43 Å². The van der Waals surface area contributed by atoms with Crippen molar-refractivity contribution in [3.63, 3.8) is 0 Å². The van der Waals surface area contributed by atoms with Crippen LogP contribution in [0.3, 0.4) is 0 Å². The van der Waals surface area contributed by atoms with Crippen LogP contribution in [0.25, 0.3) is 0 Å². The molecule has 10 heteroatoms. The van der Waals surface area contributed by atoms with Crippen molar-refractivity contribution >= 4 is 29.6 Å². The molecule has 2 aromatic carbocycles. The molecule has 6 nitrogen and oxygen atoms in total. The predicted octanol–water partition coefficient (Wildman–Crippen LogP) is 4.05. The lowest BCUT2D eigenvalue weighted by molar-refractivity contribution is -0.297. The largest absolute Gasteiger partial charge is 0.438 e. The second kappa shape index (κ2) is 7.84. The normalized spacial score (nSPS) is 19.5. The molecule has 2 amide bonds. The lowest BCUT2D eigenvalue weighted by Gasteiger charge is -2.31. The molecule has 0 fully saturated rings. The number of carbonyl (C=O) groups excluding carboxylic acids is 1. The van der Waals surface area contributed by atoms with E-state index in [1.807, 2.05) is 12.3 Å². The van der Waals surface area contributed by atoms with Crippen LogP contribution in [0.5, 0.6) is 0 Å². The molecule has 0 saturated heterocycles. The summed E-state index contributed by atoms with van der Waals surface area (Å²) in [6.07, 6.45) is -4.80. The number of benzene rings is 2. The predicted molar refractivity (Wildman–Crippen MR) is 103 cm³/mol. The molecule has 2 aromatic rings. The fraction of sp³-hybridized carbons (Fsp3) is 0.211. The van der Waals surface area contributed by atoms with Gasteiger partial charge < -0.3 is 5.11 Å². The van der Waals surface area contributed by atoms with Crippen molar-refractivity contribution in [1.29, 1.82) is 0 Å². The first kappa shape index (κ1) is 20.8. The minimum Gasteiger partial charge on any atom is -0.362 e. The average Bonchev–Trinajstić information content (AvgIpc) is 3.03. The van der Waals surface area contributed by atoms with Crippen LogP contribution in [-0.4, -0.2) is 40.0 Å². The SMILES string of the molecule is Cc1ccc(C2=NN(C(=O)N/N=C/c3ccc(Cl)cc3)C(O)(C(F)(F)F)C2)cc1. The molecule has 1 aliphatic rings. The van der Waals surface area contributed by atoms with E-state index < -0.39 is 24.4 Å². The van der Waals surface area contributed by atoms with Gasteiger partial charge in [0.05, 0.1) is 18.3 Å². The van der Waals surface area contributed by atoms with Gasteiger partial charge in [-0.2, -0.15) is 28.4 Å². The molecular weight excluding hydrogens is 409 g/mol. The molecule has 2 N–H and O–H groups in total. The van der Waals surface area contributed by atoms with Crippen molar-refractivity contribution in [3.8, 4) is 0 Å². The van der Waals surface area contributed by atoms with Crippen LogP contribution in [0.4, 0.5) is 18.0 Å². The summed E-state index contributed by atoms with van der Waals surface area (Å²) >= 11 is 5.76. The fourth-order valence-corrected chi connectivity index (χ4v) is 2.77. The van der Waals surface area contributed by atoms with Crippen LogP contribution in [0.15, 0.2) is 58.7 Å². The number of rotatable bonds is 3. The highest BCUT2D eigenvalue weighted by Crippen LogP contribution is 2.41. The van der Waals surface area contributed by atoms with E-state index >= 15 is 0 Å². The molecule has 0 aliphatic carbocycles. The summed E-state index contributed by atoms with van der Waals surface area (Å²) in [6.45, 7) is 1.82. The second-order valence-corrected chi connectivity index (χ2v) is 6.88. The number of aliphatic hydroxyl groups is 1. The summed E-state index contributed by atoms with van der Waals surface area (Å²) in [5, 5.41) is 18.1. The number of amides is 2. The number of halogens is 4. The summed E-state index contributed by atoms with van der Waals surface area (Å²) in [5.41, 5.74) is 0.247. The van der Waals surface area contributed by atoms with Gasteiger partial charge >= 0.3 is 12.2 Å². The first-order chi connectivity index (χ1) is 13.6. The summed E-state index contributed by atoms with van der Waals surface area (Å²) in [5.74, 6) is 0. The molecule has 0 saturated carbocycles. The Hall–Kier alpha value is -2.91. The number of hydrogen-bond acceptors (Lipinski definition) is 4. The first-order valence-electron chi connectivity index (χ1n) is 8.42. The van der Waals surface area contributed by atoms with E-state index in [1.54, 1.807) is 48.5 Å². The second-order valence-electron chi connectivity index (χ2n) is 6.44. The van der Waals surface area contributed by atoms with Gasteiger partial charge in [0.1, 0.15) is 0 Å². The lowest BCUT2D eigenvalue weighted by atomic mass is 10.0. The average molecular weight is 425 g/mol. The molecule has 0 aromatic heterocycles. The molecule has 1 aliphatic heterocycles. The molecule has 1 atom stereocenters. The highest BCUT2D eigenvalue weighted by Gasteiger charge is 2.63. The van der Waals surface area contributed by atoms with Gasteiger partial charge in [0.15, 0.2) is 0 Å². The summed E-state index contributed by atoms with van der Waals surface area (Å²) < 4.78 is 40.6. The Labute approximate surface area is 169 Å². The van der Waals surface area contributed by atoms with Crippen LogP contribution in [0.1, 0.15) is 23.1 Å². The standard InChI is InChI=1S/C19H16ClF3N4O2/c1-12-2-6-14(7-3-12)16-10-18(29,19(21,22)23)27(26-16)17(28)25-24-11-13-4-8-15(20)9-5-13/h2-9,11,29H,10H2,1H3,(H,25,28)/b24-11+. The minimum absolute atomic E-state index is 0.0264. The van der Waals surface area contributed by atoms with Crippen LogP contribution in [0, 0.1) is 6.92 Å². The van der Waals surface area contributed by atoms with Crippen LogP contribution in [-0.2, 0) is 0 Å². The van der Waals surface area contributed by atoms with Crippen molar-refractivity contribution in [3.05, 3.63) is 70.2 Å². The fourth-order valence-electron chi connectivity index (χ4n) is 2.64. The third-order valence-corrected chi connectivity index (χ3v) is 4.51. The van der Waals surface area contributed by atoms with E-state index in [4.69, 9.17) is 11.6 Å². The molecule has 1 unspecified atom stereocenters. The van der Waals surface area contributed by atoms with Gasteiger partial charge in [0, 0.05) is 5.02 Å². The Morgan fingerprint density at radius 2 is 1.86 bits per heavy atom. The number of carbonyl (C=O) groups is 1. The van der Waals surface area contributed by atoms with Crippen molar-refractivity contribution < 1.29 is 23.1 Å². The maximum atomic E-state index is 13.5. The van der Waals surface area contributed by atoms with E-state index in [0.717, 1.165) is 5.56 Å². The van der Waals surface area contributed by atoms with E-state index in [9.17, 15) is 23.1 Å². The summed E-state index contributed by atoms with van der Waals surface area (Å²) in [7, 11) is 0. The van der Waals surface area contributed by atoms with Gasteiger partial charge in [-0.15, -0.1) is 0 Å². The van der Waals surface area contributed by atoms with Crippen LogP contribution >= 0.6 is 11.6 Å². The van der Waals surface area contributed by atoms with Crippen molar-refractivity contribution in [2.24, 2.45) is 10.2 Å². The number of aryl methyl sites for hydroxylation is 1. The molecule has 3 rings (SSSR count). The number of nitrogens with zero attached hydrogens (tertiary/aromatic N) is 3. The van der Waals surface area contributed by atoms with Gasteiger partial charge in [0.2, 0.25) is 0 Å². The smallest absolute Gasteiger partial charge is 0.362 e. The molecule has 152 valence electrons. The Morgan fingerprint density at radius 3 is 2.45 bits per heavy atom. The number of hydrogen-bond donors (Lipinski definition) is 2. The quantitative estimate of drug-likeness (QED) is 0.576. The highest BCUT2D eigenvalue weighted by molar-refractivity contribution is 6.30. The number of nitrogens with one attached hydrogen (secondary N) is 1. The van der Waals surface area contributed by atoms with E-state index in [2.05, 4.69) is 10.2 Å². The molecule has 0 spiro atoms. The van der Waals surface area contributed by atoms with E-state index in [-0.39, 0.29) is 10.7 Å². The Balaban J connectivity index is 1.83. The third kappa shape index (κ3) is 4.41. The number of urea groups is 1. The third-order valence-electron chi connectivity index (χ3n) is 4.26. The first-order valence-corrected chi connectivity index (χ1v) is 8.80. The zero-order valence-corrected chi connectivity index (χ0v) is 15.9. The summed E-state index contributed by atoms with van der Waals surface area (Å²) in [4.78, 5) is 12.3. The Kier molecular flexibility index (Phi) is 5.63. The minimum atomic E-state index is -5.12. The van der Waals surface area contributed by atoms with Crippen molar-refractivity contribution in [2.45, 2.75) is 25.2 Å². The number of alkyl halides is 3. The zero-order valence-electron chi connectivity index (χ0n) is 15.1. The van der Waals surface area contributed by atoms with E-state index in [0.29, 0.717) is 16.1 Å². The lowest BCUT2D eigenvalue weighted by Crippen LogP contribution is -2.58. The van der Waals surface area contributed by atoms with Gasteiger partial charge in [-0.05, 0) is 30.2 Å². The maximum Gasteiger partial charge on any atom is 0.438 e. The van der Waals surface area contributed by atoms with Gasteiger partial charge in [-0.3, -0.25) is 0 Å². The number of hydrazone groups is 2. The van der Waals surface area contributed by atoms with Gasteiger partial charge in [0.25, 0.3) is 5.72 Å². The topological polar surface area (TPSA) is 77.3 Å². The van der Waals surface area contributed by atoms with Crippen molar-refractivity contribution in [2.75, 3.05) is 0 Å². The maximum absolute atomic E-state index is 13.5. The summed E-state index contributed by atoms with van der Waals surface area (Å²) in [6, 6.07) is 11.6. The van der Waals surface area contributed by atoms with Crippen molar-refractivity contribution in [1.82, 2.24) is 10.4 Å². The molecule has 0 bridgehead atoms. The molecule has 29 heavy (non-hydrogen) atoms. The van der Waals surface area contributed by atoms with Gasteiger partial charge in [-0.25, -0.2) is 10.2 Å².